The Morgan fingerprint density at radius 1 is 0.955 bits per heavy atom. The number of carbonyl (C=O) groups is 4. The maximum Gasteiger partial charge on any atom is 0.272 e. The molecular formula is C46H44F2N12O5S. The Balaban J connectivity index is 0.687. The van der Waals surface area contributed by atoms with Crippen molar-refractivity contribution in [1.82, 2.24) is 39.5 Å². The number of thiazole rings is 1. The molecule has 4 aromatic heterocycles. The molecule has 1 atom stereocenters. The van der Waals surface area contributed by atoms with Crippen molar-refractivity contribution in [3.8, 4) is 11.1 Å². The van der Waals surface area contributed by atoms with Crippen LogP contribution in [0.1, 0.15) is 56.0 Å². The number of benzene rings is 2. The van der Waals surface area contributed by atoms with Crippen molar-refractivity contribution in [1.29, 1.82) is 0 Å². The van der Waals surface area contributed by atoms with Crippen molar-refractivity contribution in [2.24, 2.45) is 10.4 Å². The number of aromatic nitrogens is 6. The highest BCUT2D eigenvalue weighted by Crippen LogP contribution is 2.43. The van der Waals surface area contributed by atoms with Crippen LogP contribution in [0.15, 0.2) is 77.8 Å². The molecule has 1 unspecified atom stereocenters. The Hall–Kier alpha value is -6.93. The van der Waals surface area contributed by atoms with Gasteiger partial charge in [-0.15, -0.1) is 11.3 Å². The third kappa shape index (κ3) is 7.66. The number of hydrogen-bond acceptors (Lipinski definition) is 13. The maximum atomic E-state index is 16.3. The smallest absolute Gasteiger partial charge is 0.272 e. The molecule has 20 heteroatoms. The summed E-state index contributed by atoms with van der Waals surface area (Å²) in [7, 11) is 0. The molecule has 0 radical (unpaired) electrons. The molecule has 2 aromatic carbocycles. The van der Waals surface area contributed by atoms with Gasteiger partial charge in [-0.3, -0.25) is 34.5 Å². The lowest BCUT2D eigenvalue weighted by molar-refractivity contribution is -0.151. The van der Waals surface area contributed by atoms with Crippen LogP contribution in [0.25, 0.3) is 22.0 Å². The molecule has 4 saturated heterocycles. The second-order valence-electron chi connectivity index (χ2n) is 18.0. The normalized spacial score (nSPS) is 19.7. The number of halogens is 2. The summed E-state index contributed by atoms with van der Waals surface area (Å²) in [5, 5.41) is 23.9. The number of amides is 4. The molecule has 0 saturated carbocycles. The van der Waals surface area contributed by atoms with Crippen molar-refractivity contribution < 1.29 is 33.1 Å². The molecule has 4 fully saturated rings. The van der Waals surface area contributed by atoms with E-state index < -0.39 is 29.2 Å². The summed E-state index contributed by atoms with van der Waals surface area (Å²) in [4.78, 5) is 74.1. The molecular weight excluding hydrogens is 871 g/mol. The summed E-state index contributed by atoms with van der Waals surface area (Å²) in [5.74, 6) is -1.82. The van der Waals surface area contributed by atoms with E-state index in [0.717, 1.165) is 30.9 Å². The lowest BCUT2D eigenvalue weighted by atomic mass is 9.72. The van der Waals surface area contributed by atoms with Crippen LogP contribution in [-0.2, 0) is 32.1 Å². The van der Waals surface area contributed by atoms with Crippen molar-refractivity contribution in [2.45, 2.75) is 63.1 Å². The number of nitrogens with zero attached hydrogens (tertiary/aromatic N) is 10. The predicted octanol–water partition coefficient (Wildman–Crippen LogP) is 4.78. The van der Waals surface area contributed by atoms with Gasteiger partial charge in [0.1, 0.15) is 17.0 Å². The first-order valence-corrected chi connectivity index (χ1v) is 22.9. The average molecular weight is 915 g/mol. The van der Waals surface area contributed by atoms with Crippen LogP contribution in [0.2, 0.25) is 0 Å². The zero-order valence-electron chi connectivity index (χ0n) is 35.6. The first kappa shape index (κ1) is 41.8. The molecule has 5 aliphatic heterocycles. The SMILES string of the molecule is O=C1CCC(=Nc2ccc(N3CCC(O)(CC(=O)N4CC5(C4)CN(c4ccc(-c6ccc7cn(C(C(=O)Nc8nccs8)c8ncn9c8CCC9)nc7c6F)cn4)C5)CC3)cc2F)C(=O)N1. The van der Waals surface area contributed by atoms with Gasteiger partial charge in [0.15, 0.2) is 22.8 Å². The second kappa shape index (κ2) is 16.2. The van der Waals surface area contributed by atoms with Gasteiger partial charge < -0.3 is 24.4 Å². The monoisotopic (exact) mass is 914 g/mol. The second-order valence-corrected chi connectivity index (χ2v) is 18.9. The number of piperidine rings is 2. The predicted molar refractivity (Wildman–Crippen MR) is 240 cm³/mol. The molecule has 11 rings (SSSR count). The summed E-state index contributed by atoms with van der Waals surface area (Å²) in [6, 6.07) is 10.8. The topological polar surface area (TPSA) is 196 Å². The van der Waals surface area contributed by atoms with E-state index in [0.29, 0.717) is 85.1 Å². The number of nitrogens with one attached hydrogen (secondary N) is 2. The zero-order valence-corrected chi connectivity index (χ0v) is 36.4. The number of likely N-dealkylation sites (tertiary alicyclic amines) is 1. The van der Waals surface area contributed by atoms with E-state index in [9.17, 15) is 24.3 Å². The maximum absolute atomic E-state index is 16.3. The standard InChI is InChI=1S/C46H44F2N12O5S/c47-31-18-29(5-7-32(31)52-33-8-10-36(61)53-42(33)63)56-15-11-46(65,12-16-56)19-37(62)59-24-45(25-59)22-58(23-45)35-9-4-27(20-50-35)30-6-3-28-21-60(55-39(28)38(30)48)41(43(64)54-44-49-13-17-66-44)40-34-2-1-14-57(34)26-51-40/h3-7,9,13,17-18,20-21,26,41,65H,1-2,8,10-12,14-16,19,22-25H2,(H,49,54,64)(H,53,61,63). The van der Waals surface area contributed by atoms with Crippen LogP contribution in [0.4, 0.5) is 31.1 Å². The fourth-order valence-electron chi connectivity index (χ4n) is 9.98. The minimum Gasteiger partial charge on any atom is -0.389 e. The van der Waals surface area contributed by atoms with E-state index in [2.05, 4.69) is 40.6 Å². The molecule has 66 heavy (non-hydrogen) atoms. The number of hydrogen-bond donors (Lipinski definition) is 3. The summed E-state index contributed by atoms with van der Waals surface area (Å²) in [6.07, 6.45) is 9.37. The van der Waals surface area contributed by atoms with E-state index in [1.54, 1.807) is 53.4 Å². The molecule has 9 heterocycles. The minimum atomic E-state index is -1.17. The third-order valence-corrected chi connectivity index (χ3v) is 14.2. The van der Waals surface area contributed by atoms with Gasteiger partial charge >= 0.3 is 0 Å². The van der Waals surface area contributed by atoms with Crippen LogP contribution < -0.4 is 20.4 Å². The van der Waals surface area contributed by atoms with E-state index in [-0.39, 0.29) is 59.3 Å². The highest BCUT2D eigenvalue weighted by Gasteiger charge is 2.54. The van der Waals surface area contributed by atoms with Gasteiger partial charge in [0, 0.05) is 116 Å². The lowest BCUT2D eigenvalue weighted by Gasteiger charge is -2.60. The molecule has 6 aromatic rings. The summed E-state index contributed by atoms with van der Waals surface area (Å²) < 4.78 is 34.9. The van der Waals surface area contributed by atoms with Gasteiger partial charge in [0.05, 0.1) is 29.7 Å². The molecule has 3 N–H and O–H groups in total. The van der Waals surface area contributed by atoms with Gasteiger partial charge in [-0.05, 0) is 56.0 Å². The van der Waals surface area contributed by atoms with Crippen LogP contribution in [0.5, 0.6) is 0 Å². The van der Waals surface area contributed by atoms with Gasteiger partial charge in [-0.25, -0.2) is 28.7 Å². The molecule has 17 nitrogen and oxygen atoms in total. The third-order valence-electron chi connectivity index (χ3n) is 13.5. The lowest BCUT2D eigenvalue weighted by Crippen LogP contribution is -2.73. The molecule has 1 spiro atoms. The van der Waals surface area contributed by atoms with E-state index in [4.69, 9.17) is 0 Å². The number of imidazole rings is 1. The van der Waals surface area contributed by atoms with Gasteiger partial charge in [-0.1, -0.05) is 12.1 Å². The highest BCUT2D eigenvalue weighted by molar-refractivity contribution is 7.13. The highest BCUT2D eigenvalue weighted by atomic mass is 32.1. The van der Waals surface area contributed by atoms with Crippen LogP contribution in [-0.4, -0.2) is 114 Å². The van der Waals surface area contributed by atoms with Crippen molar-refractivity contribution >= 4 is 73.9 Å². The first-order chi connectivity index (χ1) is 31.9. The number of carbonyl (C=O) groups excluding carboxylic acids is 4. The van der Waals surface area contributed by atoms with E-state index >= 15 is 8.78 Å². The number of imide groups is 1. The Labute approximate surface area is 380 Å². The van der Waals surface area contributed by atoms with E-state index in [1.807, 2.05) is 21.6 Å². The number of rotatable bonds is 10. The number of pyridine rings is 1. The van der Waals surface area contributed by atoms with Crippen LogP contribution >= 0.6 is 11.3 Å². The largest absolute Gasteiger partial charge is 0.389 e. The van der Waals surface area contributed by atoms with Crippen molar-refractivity contribution in [3.63, 3.8) is 0 Å². The van der Waals surface area contributed by atoms with Crippen LogP contribution in [0.3, 0.4) is 0 Å². The molecule has 338 valence electrons. The molecule has 4 amide bonds. The van der Waals surface area contributed by atoms with E-state index in [1.165, 1.54) is 28.2 Å². The number of aliphatic imine (C=N–C) groups is 1. The number of fused-ring (bicyclic) bond motifs is 2. The summed E-state index contributed by atoms with van der Waals surface area (Å²) in [6.45, 7) is 4.29. The Bertz CT molecular complexity index is 2950. The minimum absolute atomic E-state index is 0.0110. The van der Waals surface area contributed by atoms with Crippen LogP contribution in [0, 0.1) is 17.0 Å². The zero-order chi connectivity index (χ0) is 45.3. The molecule has 0 bridgehead atoms. The quantitative estimate of drug-likeness (QED) is 0.160. The Morgan fingerprint density at radius 3 is 2.53 bits per heavy atom. The first-order valence-electron chi connectivity index (χ1n) is 22.0. The molecule has 0 aliphatic carbocycles. The number of anilines is 3. The van der Waals surface area contributed by atoms with Gasteiger partial charge in [0.25, 0.3) is 11.8 Å². The number of aryl methyl sites for hydroxylation is 1. The summed E-state index contributed by atoms with van der Waals surface area (Å²) >= 11 is 1.30. The van der Waals surface area contributed by atoms with Gasteiger partial charge in [-0.2, -0.15) is 5.10 Å². The average Bonchev–Trinajstić information content (AvgIpc) is 4.10. The Morgan fingerprint density at radius 2 is 1.79 bits per heavy atom. The number of aliphatic hydroxyl groups is 1. The summed E-state index contributed by atoms with van der Waals surface area (Å²) in [5.41, 5.74) is 2.10. The Kier molecular flexibility index (Phi) is 10.2. The molecule has 5 aliphatic rings. The van der Waals surface area contributed by atoms with Crippen molar-refractivity contribution in [2.75, 3.05) is 54.4 Å². The fourth-order valence-corrected chi connectivity index (χ4v) is 10.5. The van der Waals surface area contributed by atoms with Gasteiger partial charge in [0.2, 0.25) is 11.8 Å². The fraction of sp³-hybridized carbons (Fsp3) is 0.370. The van der Waals surface area contributed by atoms with Crippen molar-refractivity contribution in [3.05, 3.63) is 95.8 Å².